The fraction of sp³-hybridized carbons (Fsp3) is 0.500. The van der Waals surface area contributed by atoms with Crippen LogP contribution in [0.25, 0.3) is 0 Å². The molecule has 0 spiro atoms. The van der Waals surface area contributed by atoms with Crippen LogP contribution in [0.3, 0.4) is 0 Å². The van der Waals surface area contributed by atoms with Crippen molar-refractivity contribution in [2.24, 2.45) is 0 Å². The predicted molar refractivity (Wildman–Crippen MR) is 57.2 cm³/mol. The molecule has 1 fully saturated rings. The van der Waals surface area contributed by atoms with Crippen molar-refractivity contribution >= 4 is 5.69 Å². The SMILES string of the molecule is FC1CCCCC1Nc1ccccc1. The molecule has 2 heteroatoms. The Bertz CT molecular complexity index is 273. The molecule has 0 aliphatic heterocycles. The zero-order valence-electron chi connectivity index (χ0n) is 8.25. The van der Waals surface area contributed by atoms with Gasteiger partial charge in [-0.05, 0) is 25.0 Å². The summed E-state index contributed by atoms with van der Waals surface area (Å²) in [6, 6.07) is 9.91. The lowest BCUT2D eigenvalue weighted by Crippen LogP contribution is -2.33. The van der Waals surface area contributed by atoms with Gasteiger partial charge in [0.2, 0.25) is 0 Å². The van der Waals surface area contributed by atoms with Crippen molar-refractivity contribution in [1.82, 2.24) is 0 Å². The predicted octanol–water partition coefficient (Wildman–Crippen LogP) is 3.38. The quantitative estimate of drug-likeness (QED) is 0.759. The molecule has 0 amide bonds. The molecule has 1 N–H and O–H groups in total. The number of para-hydroxylation sites is 1. The van der Waals surface area contributed by atoms with E-state index in [1.165, 1.54) is 0 Å². The second kappa shape index (κ2) is 4.45. The fourth-order valence-corrected chi connectivity index (χ4v) is 2.00. The van der Waals surface area contributed by atoms with E-state index in [0.717, 1.165) is 24.9 Å². The van der Waals surface area contributed by atoms with Crippen LogP contribution < -0.4 is 5.32 Å². The molecule has 1 aliphatic rings. The first-order valence-corrected chi connectivity index (χ1v) is 5.32. The molecule has 2 atom stereocenters. The maximum Gasteiger partial charge on any atom is 0.120 e. The van der Waals surface area contributed by atoms with Gasteiger partial charge in [-0.25, -0.2) is 4.39 Å². The van der Waals surface area contributed by atoms with E-state index in [9.17, 15) is 4.39 Å². The lowest BCUT2D eigenvalue weighted by molar-refractivity contribution is 0.230. The number of anilines is 1. The van der Waals surface area contributed by atoms with E-state index in [0.29, 0.717) is 6.42 Å². The van der Waals surface area contributed by atoms with Gasteiger partial charge in [-0.15, -0.1) is 0 Å². The number of rotatable bonds is 2. The first-order chi connectivity index (χ1) is 6.86. The van der Waals surface area contributed by atoms with Crippen molar-refractivity contribution in [3.05, 3.63) is 30.3 Å². The summed E-state index contributed by atoms with van der Waals surface area (Å²) in [6.07, 6.45) is 3.17. The van der Waals surface area contributed by atoms with Crippen molar-refractivity contribution in [2.75, 3.05) is 5.32 Å². The van der Waals surface area contributed by atoms with Gasteiger partial charge in [0, 0.05) is 5.69 Å². The fourth-order valence-electron chi connectivity index (χ4n) is 2.00. The first kappa shape index (κ1) is 9.50. The highest BCUT2D eigenvalue weighted by atomic mass is 19.1. The topological polar surface area (TPSA) is 12.0 Å². The van der Waals surface area contributed by atoms with Crippen LogP contribution in [0.4, 0.5) is 10.1 Å². The van der Waals surface area contributed by atoms with E-state index in [-0.39, 0.29) is 6.04 Å². The van der Waals surface area contributed by atoms with Gasteiger partial charge in [0.05, 0.1) is 6.04 Å². The Morgan fingerprint density at radius 3 is 2.50 bits per heavy atom. The molecular weight excluding hydrogens is 177 g/mol. The molecular formula is C12H16FN. The molecule has 1 aliphatic carbocycles. The molecule has 0 saturated heterocycles. The molecule has 0 radical (unpaired) electrons. The summed E-state index contributed by atoms with van der Waals surface area (Å²) >= 11 is 0. The van der Waals surface area contributed by atoms with Gasteiger partial charge in [0.1, 0.15) is 6.17 Å². The van der Waals surface area contributed by atoms with E-state index in [4.69, 9.17) is 0 Å². The zero-order chi connectivity index (χ0) is 9.80. The van der Waals surface area contributed by atoms with Gasteiger partial charge >= 0.3 is 0 Å². The van der Waals surface area contributed by atoms with Gasteiger partial charge in [-0.2, -0.15) is 0 Å². The van der Waals surface area contributed by atoms with Crippen LogP contribution in [0.5, 0.6) is 0 Å². The Labute approximate surface area is 84.3 Å². The van der Waals surface area contributed by atoms with Crippen molar-refractivity contribution in [2.45, 2.75) is 37.9 Å². The Kier molecular flexibility index (Phi) is 3.02. The summed E-state index contributed by atoms with van der Waals surface area (Å²) in [5.74, 6) is 0. The summed E-state index contributed by atoms with van der Waals surface area (Å²) in [5.41, 5.74) is 1.03. The average molecular weight is 193 g/mol. The molecule has 1 aromatic carbocycles. The molecule has 0 heterocycles. The van der Waals surface area contributed by atoms with Gasteiger partial charge in [0.15, 0.2) is 0 Å². The molecule has 1 nitrogen and oxygen atoms in total. The van der Waals surface area contributed by atoms with Crippen LogP contribution in [0.1, 0.15) is 25.7 Å². The molecule has 0 aromatic heterocycles. The lowest BCUT2D eigenvalue weighted by atomic mass is 9.93. The summed E-state index contributed by atoms with van der Waals surface area (Å²) in [4.78, 5) is 0. The third kappa shape index (κ3) is 2.25. The smallest absolute Gasteiger partial charge is 0.120 e. The number of benzene rings is 1. The third-order valence-electron chi connectivity index (χ3n) is 2.81. The van der Waals surface area contributed by atoms with Crippen molar-refractivity contribution in [1.29, 1.82) is 0 Å². The van der Waals surface area contributed by atoms with E-state index < -0.39 is 6.17 Å². The van der Waals surface area contributed by atoms with Crippen LogP contribution in [-0.2, 0) is 0 Å². The van der Waals surface area contributed by atoms with Crippen LogP contribution in [0, 0.1) is 0 Å². The molecule has 1 saturated carbocycles. The summed E-state index contributed by atoms with van der Waals surface area (Å²) < 4.78 is 13.5. The van der Waals surface area contributed by atoms with Gasteiger partial charge in [-0.1, -0.05) is 31.0 Å². The summed E-state index contributed by atoms with van der Waals surface area (Å²) in [6.45, 7) is 0. The number of alkyl halides is 1. The van der Waals surface area contributed by atoms with Crippen LogP contribution in [-0.4, -0.2) is 12.2 Å². The largest absolute Gasteiger partial charge is 0.379 e. The van der Waals surface area contributed by atoms with Crippen LogP contribution >= 0.6 is 0 Å². The molecule has 0 bridgehead atoms. The Morgan fingerprint density at radius 2 is 1.79 bits per heavy atom. The minimum atomic E-state index is -0.677. The minimum absolute atomic E-state index is 0.0196. The first-order valence-electron chi connectivity index (χ1n) is 5.32. The highest BCUT2D eigenvalue weighted by Gasteiger charge is 2.24. The monoisotopic (exact) mass is 193 g/mol. The third-order valence-corrected chi connectivity index (χ3v) is 2.81. The molecule has 14 heavy (non-hydrogen) atoms. The standard InChI is InChI=1S/C12H16FN/c13-11-8-4-5-9-12(11)14-10-6-2-1-3-7-10/h1-3,6-7,11-12,14H,4-5,8-9H2. The van der Waals surface area contributed by atoms with Crippen LogP contribution in [0.2, 0.25) is 0 Å². The molecule has 2 unspecified atom stereocenters. The van der Waals surface area contributed by atoms with Crippen molar-refractivity contribution in [3.8, 4) is 0 Å². The second-order valence-corrected chi connectivity index (χ2v) is 3.92. The van der Waals surface area contributed by atoms with Gasteiger partial charge in [-0.3, -0.25) is 0 Å². The Hall–Kier alpha value is -1.05. The molecule has 1 aromatic rings. The number of halogens is 1. The number of nitrogens with one attached hydrogen (secondary N) is 1. The van der Waals surface area contributed by atoms with Crippen molar-refractivity contribution < 1.29 is 4.39 Å². The lowest BCUT2D eigenvalue weighted by Gasteiger charge is -2.27. The summed E-state index contributed by atoms with van der Waals surface area (Å²) in [5, 5.41) is 3.26. The number of hydrogen-bond acceptors (Lipinski definition) is 1. The maximum atomic E-state index is 13.5. The van der Waals surface area contributed by atoms with E-state index >= 15 is 0 Å². The Balaban J connectivity index is 1.96. The van der Waals surface area contributed by atoms with E-state index in [1.54, 1.807) is 0 Å². The average Bonchev–Trinajstić information content (AvgIpc) is 2.23. The highest BCUT2D eigenvalue weighted by molar-refractivity contribution is 5.43. The zero-order valence-corrected chi connectivity index (χ0v) is 8.25. The van der Waals surface area contributed by atoms with Crippen LogP contribution in [0.15, 0.2) is 30.3 Å². The van der Waals surface area contributed by atoms with E-state index in [1.807, 2.05) is 30.3 Å². The highest BCUT2D eigenvalue weighted by Crippen LogP contribution is 2.24. The Morgan fingerprint density at radius 1 is 1.07 bits per heavy atom. The molecule has 2 rings (SSSR count). The number of hydrogen-bond donors (Lipinski definition) is 1. The molecule has 76 valence electrons. The maximum absolute atomic E-state index is 13.5. The minimum Gasteiger partial charge on any atom is -0.379 e. The van der Waals surface area contributed by atoms with E-state index in [2.05, 4.69) is 5.32 Å². The van der Waals surface area contributed by atoms with Gasteiger partial charge in [0.25, 0.3) is 0 Å². The van der Waals surface area contributed by atoms with Gasteiger partial charge < -0.3 is 5.32 Å². The summed E-state index contributed by atoms with van der Waals surface area (Å²) in [7, 11) is 0. The second-order valence-electron chi connectivity index (χ2n) is 3.92. The van der Waals surface area contributed by atoms with Crippen molar-refractivity contribution in [3.63, 3.8) is 0 Å². The normalized spacial score (nSPS) is 27.2.